The molecular formula is C16H21ClN2S. The summed E-state index contributed by atoms with van der Waals surface area (Å²) < 4.78 is 0. The van der Waals surface area contributed by atoms with Gasteiger partial charge in [0.1, 0.15) is 5.01 Å². The number of aromatic nitrogens is 1. The van der Waals surface area contributed by atoms with Gasteiger partial charge in [0, 0.05) is 28.4 Å². The van der Waals surface area contributed by atoms with Crippen molar-refractivity contribution in [3.63, 3.8) is 0 Å². The van der Waals surface area contributed by atoms with Crippen molar-refractivity contribution in [3.8, 4) is 0 Å². The molecule has 1 unspecified atom stereocenters. The summed E-state index contributed by atoms with van der Waals surface area (Å²) >= 11 is 7.63. The van der Waals surface area contributed by atoms with Gasteiger partial charge in [0.2, 0.25) is 0 Å². The van der Waals surface area contributed by atoms with E-state index in [1.807, 2.05) is 12.1 Å². The highest BCUT2D eigenvalue weighted by molar-refractivity contribution is 7.09. The molecule has 0 amide bonds. The highest BCUT2D eigenvalue weighted by atomic mass is 35.5. The summed E-state index contributed by atoms with van der Waals surface area (Å²) in [6, 6.07) is 8.26. The third kappa shape index (κ3) is 4.05. The van der Waals surface area contributed by atoms with Gasteiger partial charge in [-0.15, -0.1) is 11.3 Å². The van der Waals surface area contributed by atoms with E-state index in [-0.39, 0.29) is 11.5 Å². The van der Waals surface area contributed by atoms with Gasteiger partial charge < -0.3 is 5.32 Å². The first-order valence-electron chi connectivity index (χ1n) is 6.80. The van der Waals surface area contributed by atoms with E-state index < -0.39 is 0 Å². The summed E-state index contributed by atoms with van der Waals surface area (Å²) in [5, 5.41) is 7.57. The monoisotopic (exact) mass is 308 g/mol. The minimum absolute atomic E-state index is 0.122. The third-order valence-corrected chi connectivity index (χ3v) is 4.35. The van der Waals surface area contributed by atoms with E-state index in [1.54, 1.807) is 11.3 Å². The second-order valence-corrected chi connectivity index (χ2v) is 7.41. The lowest BCUT2D eigenvalue weighted by Crippen LogP contribution is -2.18. The summed E-state index contributed by atoms with van der Waals surface area (Å²) in [6.07, 6.45) is 0. The van der Waals surface area contributed by atoms with Crippen molar-refractivity contribution < 1.29 is 0 Å². The maximum absolute atomic E-state index is 5.91. The molecule has 1 atom stereocenters. The van der Waals surface area contributed by atoms with E-state index in [1.165, 1.54) is 11.3 Å². The fourth-order valence-corrected chi connectivity index (χ4v) is 2.94. The Morgan fingerprint density at radius 1 is 1.25 bits per heavy atom. The molecular weight excluding hydrogens is 288 g/mol. The molecule has 0 saturated carbocycles. The van der Waals surface area contributed by atoms with Gasteiger partial charge in [-0.05, 0) is 24.6 Å². The number of benzene rings is 1. The summed E-state index contributed by atoms with van der Waals surface area (Å²) in [6.45, 7) is 9.52. The Morgan fingerprint density at radius 2 is 1.90 bits per heavy atom. The molecule has 0 fully saturated rings. The molecule has 2 nitrogen and oxygen atoms in total. The topological polar surface area (TPSA) is 24.9 Å². The van der Waals surface area contributed by atoms with Gasteiger partial charge in [-0.1, -0.05) is 44.5 Å². The zero-order chi connectivity index (χ0) is 14.8. The summed E-state index contributed by atoms with van der Waals surface area (Å²) in [4.78, 5) is 4.70. The normalized spacial score (nSPS) is 13.4. The minimum atomic E-state index is 0.122. The molecule has 0 spiro atoms. The van der Waals surface area contributed by atoms with Crippen LogP contribution in [-0.2, 0) is 12.0 Å². The Balaban J connectivity index is 1.95. The Bertz CT molecular complexity index is 555. The smallest absolute Gasteiger partial charge is 0.107 e. The Morgan fingerprint density at radius 3 is 2.45 bits per heavy atom. The van der Waals surface area contributed by atoms with Crippen LogP contribution in [0.25, 0.3) is 0 Å². The molecule has 108 valence electrons. The molecule has 0 saturated heterocycles. The van der Waals surface area contributed by atoms with Crippen LogP contribution in [0, 0.1) is 0 Å². The van der Waals surface area contributed by atoms with E-state index in [4.69, 9.17) is 16.6 Å². The van der Waals surface area contributed by atoms with Crippen LogP contribution in [0.2, 0.25) is 5.02 Å². The first-order valence-corrected chi connectivity index (χ1v) is 8.06. The van der Waals surface area contributed by atoms with E-state index >= 15 is 0 Å². The lowest BCUT2D eigenvalue weighted by Gasteiger charge is -2.15. The molecule has 0 bridgehead atoms. The summed E-state index contributed by atoms with van der Waals surface area (Å²) in [5.74, 6) is 0. The quantitative estimate of drug-likeness (QED) is 0.865. The van der Waals surface area contributed by atoms with Gasteiger partial charge in [-0.2, -0.15) is 0 Å². The number of nitrogens with zero attached hydrogens (tertiary/aromatic N) is 1. The van der Waals surface area contributed by atoms with E-state index in [0.717, 1.165) is 16.6 Å². The SMILES string of the molecule is CC(NCc1nc(C(C)(C)C)cs1)c1ccc(Cl)cc1. The van der Waals surface area contributed by atoms with E-state index in [2.05, 4.69) is 50.5 Å². The predicted molar refractivity (Wildman–Crippen MR) is 87.5 cm³/mol. The number of nitrogens with one attached hydrogen (secondary N) is 1. The molecule has 0 aliphatic rings. The maximum Gasteiger partial charge on any atom is 0.107 e. The van der Waals surface area contributed by atoms with Crippen LogP contribution in [0.4, 0.5) is 0 Å². The Kier molecular flexibility index (Phi) is 4.84. The minimum Gasteiger partial charge on any atom is -0.304 e. The summed E-state index contributed by atoms with van der Waals surface area (Å²) in [5.41, 5.74) is 2.52. The third-order valence-electron chi connectivity index (χ3n) is 3.25. The Labute approximate surface area is 130 Å². The molecule has 2 aromatic rings. The largest absolute Gasteiger partial charge is 0.304 e. The van der Waals surface area contributed by atoms with Crippen LogP contribution < -0.4 is 5.32 Å². The highest BCUT2D eigenvalue weighted by Gasteiger charge is 2.17. The average Bonchev–Trinajstić information content (AvgIpc) is 2.85. The molecule has 1 N–H and O–H groups in total. The molecule has 1 aromatic carbocycles. The molecule has 0 radical (unpaired) electrons. The van der Waals surface area contributed by atoms with Crippen LogP contribution in [0.1, 0.15) is 50.0 Å². The van der Waals surface area contributed by atoms with Gasteiger partial charge in [0.15, 0.2) is 0 Å². The molecule has 2 rings (SSSR count). The van der Waals surface area contributed by atoms with Crippen LogP contribution in [0.5, 0.6) is 0 Å². The fourth-order valence-electron chi connectivity index (χ4n) is 1.85. The zero-order valence-electron chi connectivity index (χ0n) is 12.4. The van der Waals surface area contributed by atoms with Gasteiger partial charge >= 0.3 is 0 Å². The van der Waals surface area contributed by atoms with Crippen LogP contribution in [-0.4, -0.2) is 4.98 Å². The zero-order valence-corrected chi connectivity index (χ0v) is 14.0. The van der Waals surface area contributed by atoms with Gasteiger partial charge in [-0.25, -0.2) is 4.98 Å². The number of halogens is 1. The van der Waals surface area contributed by atoms with Gasteiger partial charge in [-0.3, -0.25) is 0 Å². The van der Waals surface area contributed by atoms with E-state index in [9.17, 15) is 0 Å². The number of hydrogen-bond donors (Lipinski definition) is 1. The molecule has 20 heavy (non-hydrogen) atoms. The Hall–Kier alpha value is -0.900. The van der Waals surface area contributed by atoms with Crippen LogP contribution in [0.15, 0.2) is 29.6 Å². The highest BCUT2D eigenvalue weighted by Crippen LogP contribution is 2.24. The first-order chi connectivity index (χ1) is 9.36. The molecule has 0 aliphatic heterocycles. The van der Waals surface area contributed by atoms with Crippen molar-refractivity contribution in [2.45, 2.75) is 45.7 Å². The fraction of sp³-hybridized carbons (Fsp3) is 0.438. The van der Waals surface area contributed by atoms with Crippen molar-refractivity contribution in [3.05, 3.63) is 50.9 Å². The number of thiazole rings is 1. The predicted octanol–water partition coefficient (Wildman–Crippen LogP) is 4.94. The first kappa shape index (κ1) is 15.5. The lowest BCUT2D eigenvalue weighted by atomic mass is 9.93. The van der Waals surface area contributed by atoms with Crippen LogP contribution >= 0.6 is 22.9 Å². The van der Waals surface area contributed by atoms with Crippen molar-refractivity contribution >= 4 is 22.9 Å². The van der Waals surface area contributed by atoms with Gasteiger partial charge in [0.05, 0.1) is 5.69 Å². The van der Waals surface area contributed by atoms with Crippen LogP contribution in [0.3, 0.4) is 0 Å². The maximum atomic E-state index is 5.91. The standard InChI is InChI=1S/C16H21ClN2S/c1-11(12-5-7-13(17)8-6-12)18-9-15-19-14(10-20-15)16(2,3)4/h5-8,10-11,18H,9H2,1-4H3. The van der Waals surface area contributed by atoms with Crippen molar-refractivity contribution in [1.82, 2.24) is 10.3 Å². The molecule has 4 heteroatoms. The number of hydrogen-bond acceptors (Lipinski definition) is 3. The molecule has 0 aliphatic carbocycles. The number of rotatable bonds is 4. The lowest BCUT2D eigenvalue weighted by molar-refractivity contribution is 0.554. The van der Waals surface area contributed by atoms with Crippen molar-refractivity contribution in [2.24, 2.45) is 0 Å². The second-order valence-electron chi connectivity index (χ2n) is 6.03. The summed E-state index contributed by atoms with van der Waals surface area (Å²) in [7, 11) is 0. The molecule has 1 heterocycles. The van der Waals surface area contributed by atoms with Crippen molar-refractivity contribution in [2.75, 3.05) is 0 Å². The second kappa shape index (κ2) is 6.25. The van der Waals surface area contributed by atoms with Gasteiger partial charge in [0.25, 0.3) is 0 Å². The average molecular weight is 309 g/mol. The van der Waals surface area contributed by atoms with E-state index in [0.29, 0.717) is 0 Å². The molecule has 1 aromatic heterocycles. The van der Waals surface area contributed by atoms with Crippen molar-refractivity contribution in [1.29, 1.82) is 0 Å².